The lowest BCUT2D eigenvalue weighted by molar-refractivity contribution is -0.139. The van der Waals surface area contributed by atoms with Gasteiger partial charge >= 0.3 is 5.97 Å². The average molecular weight is 433 g/mol. The molecule has 0 bridgehead atoms. The van der Waals surface area contributed by atoms with E-state index in [0.717, 1.165) is 15.9 Å². The third-order valence-corrected chi connectivity index (χ3v) is 7.70. The van der Waals surface area contributed by atoms with Crippen LogP contribution in [0.25, 0.3) is 0 Å². The molecule has 3 aromatic rings. The molecule has 0 radical (unpaired) electrons. The van der Waals surface area contributed by atoms with Crippen LogP contribution in [0.1, 0.15) is 9.67 Å². The number of benzene rings is 3. The van der Waals surface area contributed by atoms with Crippen LogP contribution < -0.4 is 32.9 Å². The Bertz CT molecular complexity index is 794. The predicted octanol–water partition coefficient (Wildman–Crippen LogP) is 0.548. The first kappa shape index (κ1) is 17.5. The molecule has 0 saturated carbocycles. The monoisotopic (exact) mass is 432 g/mol. The van der Waals surface area contributed by atoms with Crippen LogP contribution in [0.2, 0.25) is 0 Å². The highest BCUT2D eigenvalue weighted by atomic mass is 79.9. The van der Waals surface area contributed by atoms with Crippen molar-refractivity contribution in [1.29, 1.82) is 0 Å². The van der Waals surface area contributed by atoms with Crippen molar-refractivity contribution in [2.45, 2.75) is 6.92 Å². The van der Waals surface area contributed by atoms with Crippen molar-refractivity contribution in [3.8, 4) is 0 Å². The van der Waals surface area contributed by atoms with E-state index < -0.39 is 19.3 Å². The van der Waals surface area contributed by atoms with Crippen LogP contribution >= 0.6 is 7.26 Å². The van der Waals surface area contributed by atoms with E-state index in [2.05, 4.69) is 0 Å². The Morgan fingerprint density at radius 1 is 0.808 bits per heavy atom. The van der Waals surface area contributed by atoms with E-state index in [1.807, 2.05) is 91.0 Å². The molecule has 0 unspecified atom stereocenters. The fraction of sp³-hybridized carbons (Fsp3) is 0.136. The van der Waals surface area contributed by atoms with Gasteiger partial charge in [0, 0.05) is 0 Å². The summed E-state index contributed by atoms with van der Waals surface area (Å²) in [6.07, 6.45) is -2.22. The van der Waals surface area contributed by atoms with E-state index in [9.17, 15) is 4.79 Å². The quantitative estimate of drug-likeness (QED) is 0.323. The Balaban J connectivity index is 0.00000280. The van der Waals surface area contributed by atoms with Crippen LogP contribution in [0.5, 0.6) is 0 Å². The van der Waals surface area contributed by atoms with Crippen molar-refractivity contribution < 1.29 is 29.3 Å². The first-order valence-electron chi connectivity index (χ1n) is 9.28. The van der Waals surface area contributed by atoms with E-state index >= 15 is 0 Å². The Morgan fingerprint density at radius 3 is 1.46 bits per heavy atom. The molecule has 0 aliphatic carbocycles. The fourth-order valence-corrected chi connectivity index (χ4v) is 6.37. The lowest BCUT2D eigenvalue weighted by atomic mass is 10.4. The van der Waals surface area contributed by atoms with Gasteiger partial charge in [0.05, 0.1) is 9.35 Å². The standard InChI is InChI=1S/C22H22O2P.BrH/c1-2-24-22(23)18-25(19-12-6-3-7-13-19,20-14-8-4-9-15-20)21-16-10-5-11-17-21;/h3-17H,2,18H2,1H3;1H/q+1;/p-1/i18+1D2,22+1;. The molecule has 3 aromatic carbocycles. The molecule has 0 aliphatic rings. The third kappa shape index (κ3) is 4.23. The predicted molar refractivity (Wildman–Crippen MR) is 107 cm³/mol. The summed E-state index contributed by atoms with van der Waals surface area (Å²) in [5, 5.41) is 2.42. The minimum atomic E-state index is -2.98. The smallest absolute Gasteiger partial charge is 0.345 e. The average Bonchev–Trinajstić information content (AvgIpc) is 2.71. The van der Waals surface area contributed by atoms with Crippen molar-refractivity contribution in [2.75, 3.05) is 12.7 Å². The molecule has 0 atom stereocenters. The van der Waals surface area contributed by atoms with Crippen LogP contribution in [0, 0.1) is 0 Å². The van der Waals surface area contributed by atoms with Gasteiger partial charge in [-0.05, 0) is 43.3 Å². The number of hydrogen-bond acceptors (Lipinski definition) is 2. The molecule has 26 heavy (non-hydrogen) atoms. The molecular weight excluding hydrogens is 409 g/mol. The van der Waals surface area contributed by atoms with Gasteiger partial charge in [-0.3, -0.25) is 0 Å². The normalized spacial score (nSPS) is 12.3. The fourth-order valence-electron chi connectivity index (χ4n) is 2.90. The zero-order chi connectivity index (χ0) is 19.3. The summed E-state index contributed by atoms with van der Waals surface area (Å²) in [5.41, 5.74) is 0. The van der Waals surface area contributed by atoms with Gasteiger partial charge in [0.15, 0.2) is 6.11 Å². The van der Waals surface area contributed by atoms with Crippen LogP contribution in [0.3, 0.4) is 0 Å². The SMILES string of the molecule is [2H][13C]([2H])([13C](=O)OCC)[P+](c1ccccc1)(c1ccccc1)c1ccccc1.[Br-]. The molecule has 134 valence electrons. The minimum absolute atomic E-state index is 0. The largest absolute Gasteiger partial charge is 1.00 e. The minimum Gasteiger partial charge on any atom is -1.00 e. The molecule has 0 aliphatic heterocycles. The van der Waals surface area contributed by atoms with E-state index in [-0.39, 0.29) is 23.6 Å². The lowest BCUT2D eigenvalue weighted by Gasteiger charge is -2.26. The summed E-state index contributed by atoms with van der Waals surface area (Å²) < 4.78 is 23.2. The number of halogens is 1. The van der Waals surface area contributed by atoms with Crippen molar-refractivity contribution >= 4 is 29.1 Å². The van der Waals surface area contributed by atoms with Crippen LogP contribution in [-0.2, 0) is 9.53 Å². The van der Waals surface area contributed by atoms with E-state index in [1.165, 1.54) is 0 Å². The van der Waals surface area contributed by atoms with E-state index in [0.29, 0.717) is 0 Å². The van der Waals surface area contributed by atoms with Crippen molar-refractivity contribution in [3.05, 3.63) is 91.0 Å². The van der Waals surface area contributed by atoms with Crippen LogP contribution in [0.4, 0.5) is 0 Å². The molecule has 2 nitrogen and oxygen atoms in total. The summed E-state index contributed by atoms with van der Waals surface area (Å²) >= 11 is 0. The molecule has 4 heteroatoms. The summed E-state index contributed by atoms with van der Waals surface area (Å²) in [4.78, 5) is 12.9. The number of esters is 1. The van der Waals surface area contributed by atoms with Gasteiger partial charge in [-0.15, -0.1) is 0 Å². The number of hydrogen-bond donors (Lipinski definition) is 0. The summed E-state index contributed by atoms with van der Waals surface area (Å²) in [7, 11) is -2.98. The molecule has 0 amide bonds. The second-order valence-electron chi connectivity index (χ2n) is 5.51. The van der Waals surface area contributed by atoms with Crippen LogP contribution in [0.15, 0.2) is 91.0 Å². The molecule has 0 aromatic heterocycles. The van der Waals surface area contributed by atoms with E-state index in [4.69, 9.17) is 7.48 Å². The maximum Gasteiger partial charge on any atom is 0.345 e. The van der Waals surface area contributed by atoms with Crippen LogP contribution in [-0.4, -0.2) is 18.7 Å². The maximum atomic E-state index is 12.9. The Hall–Kier alpha value is -1.96. The van der Waals surface area contributed by atoms with Gasteiger partial charge in [-0.1, -0.05) is 54.6 Å². The highest BCUT2D eigenvalue weighted by Crippen LogP contribution is 2.55. The second-order valence-corrected chi connectivity index (χ2v) is 8.62. The van der Waals surface area contributed by atoms with Crippen molar-refractivity contribution in [3.63, 3.8) is 0 Å². The second kappa shape index (κ2) is 9.66. The number of carbonyl (C=O) groups is 1. The van der Waals surface area contributed by atoms with Gasteiger partial charge in [0.1, 0.15) is 23.2 Å². The van der Waals surface area contributed by atoms with Crippen molar-refractivity contribution in [1.82, 2.24) is 0 Å². The van der Waals surface area contributed by atoms with E-state index in [1.54, 1.807) is 6.92 Å². The molecule has 0 spiro atoms. The highest BCUT2D eigenvalue weighted by Gasteiger charge is 2.47. The van der Waals surface area contributed by atoms with Crippen molar-refractivity contribution in [2.24, 2.45) is 0 Å². The number of rotatable bonds is 6. The molecule has 0 saturated heterocycles. The first-order chi connectivity index (χ1) is 13.0. The zero-order valence-corrected chi connectivity index (χ0v) is 17.0. The molecule has 0 heterocycles. The third-order valence-electron chi connectivity index (χ3n) is 3.96. The Labute approximate surface area is 169 Å². The summed E-state index contributed by atoms with van der Waals surface area (Å²) in [6, 6.07) is 28.5. The molecule has 0 N–H and O–H groups in total. The van der Waals surface area contributed by atoms with Gasteiger partial charge in [0.2, 0.25) is 0 Å². The van der Waals surface area contributed by atoms with Gasteiger partial charge in [0.25, 0.3) is 0 Å². The number of ether oxygens (including phenoxy) is 1. The molecule has 3 rings (SSSR count). The molecule has 0 fully saturated rings. The maximum absolute atomic E-state index is 12.9. The summed E-state index contributed by atoms with van der Waals surface area (Å²) in [5.74, 6) is -0.824. The summed E-state index contributed by atoms with van der Waals surface area (Å²) in [6.45, 7) is 1.83. The molecular formula is C22H22BrO2P. The lowest BCUT2D eigenvalue weighted by Crippen LogP contribution is -3.00. The van der Waals surface area contributed by atoms with Gasteiger partial charge in [-0.25, -0.2) is 4.79 Å². The first-order valence-corrected chi connectivity index (χ1v) is 10.1. The van der Waals surface area contributed by atoms with Gasteiger partial charge in [-0.2, -0.15) is 0 Å². The highest BCUT2D eigenvalue weighted by molar-refractivity contribution is 7.96. The van der Waals surface area contributed by atoms with Gasteiger partial charge < -0.3 is 21.7 Å². The Morgan fingerprint density at radius 2 is 1.15 bits per heavy atom. The zero-order valence-electron chi connectivity index (χ0n) is 16.5. The topological polar surface area (TPSA) is 26.3 Å². The Kier molecular flexibility index (Phi) is 6.48. The number of carbonyl (C=O) groups excluding carboxylic acids is 1.